The highest BCUT2D eigenvalue weighted by molar-refractivity contribution is 5.75. The van der Waals surface area contributed by atoms with Gasteiger partial charge in [0.1, 0.15) is 5.75 Å². The van der Waals surface area contributed by atoms with E-state index >= 15 is 0 Å². The first-order valence-electron chi connectivity index (χ1n) is 6.12. The number of rotatable bonds is 4. The van der Waals surface area contributed by atoms with Crippen LogP contribution in [0.2, 0.25) is 0 Å². The van der Waals surface area contributed by atoms with Crippen molar-refractivity contribution in [2.24, 2.45) is 0 Å². The second kappa shape index (κ2) is 6.01. The lowest BCUT2D eigenvalue weighted by atomic mass is 10.1. The molecule has 0 atom stereocenters. The zero-order valence-electron chi connectivity index (χ0n) is 10.4. The van der Waals surface area contributed by atoms with Crippen molar-refractivity contribution in [2.45, 2.75) is 19.8 Å². The molecule has 2 aromatic carbocycles. The van der Waals surface area contributed by atoms with E-state index in [0.29, 0.717) is 12.2 Å². The van der Waals surface area contributed by atoms with Crippen LogP contribution in [0.4, 0.5) is 0 Å². The topological polar surface area (TPSA) is 26.3 Å². The predicted molar refractivity (Wildman–Crippen MR) is 71.6 cm³/mol. The molecule has 0 radical (unpaired) electrons. The van der Waals surface area contributed by atoms with Gasteiger partial charge in [-0.3, -0.25) is 4.79 Å². The first-order chi connectivity index (χ1) is 8.79. The molecule has 0 aliphatic heterocycles. The number of para-hydroxylation sites is 1. The highest BCUT2D eigenvalue weighted by Gasteiger charge is 2.08. The molecule has 2 aromatic rings. The number of carbonyl (C=O) groups is 1. The number of carbonyl (C=O) groups excluding carboxylic acids is 1. The Morgan fingerprint density at radius 1 is 1.00 bits per heavy atom. The van der Waals surface area contributed by atoms with E-state index in [-0.39, 0.29) is 5.97 Å². The molecule has 0 bridgehead atoms. The van der Waals surface area contributed by atoms with Crippen LogP contribution in [0.5, 0.6) is 5.75 Å². The van der Waals surface area contributed by atoms with Gasteiger partial charge in [0.15, 0.2) is 0 Å². The molecule has 0 aromatic heterocycles. The Morgan fingerprint density at radius 3 is 2.39 bits per heavy atom. The molecule has 2 heteroatoms. The van der Waals surface area contributed by atoms with E-state index in [9.17, 15) is 4.79 Å². The number of hydrogen-bond donors (Lipinski definition) is 0. The second-order valence-corrected chi connectivity index (χ2v) is 4.10. The van der Waals surface area contributed by atoms with Crippen LogP contribution >= 0.6 is 0 Å². The molecule has 0 N–H and O–H groups in total. The maximum atomic E-state index is 11.8. The fourth-order valence-corrected chi connectivity index (χ4v) is 1.82. The SMILES string of the molecule is CCc1ccccc1OC(=O)Cc1ccccc1. The minimum absolute atomic E-state index is 0.220. The Kier molecular flexibility index (Phi) is 4.13. The van der Waals surface area contributed by atoms with Gasteiger partial charge in [0.05, 0.1) is 6.42 Å². The standard InChI is InChI=1S/C16H16O2/c1-2-14-10-6-7-11-15(14)18-16(17)12-13-8-4-3-5-9-13/h3-11H,2,12H2,1H3. The fourth-order valence-electron chi connectivity index (χ4n) is 1.82. The first-order valence-corrected chi connectivity index (χ1v) is 6.12. The summed E-state index contributed by atoms with van der Waals surface area (Å²) >= 11 is 0. The Labute approximate surface area is 107 Å². The summed E-state index contributed by atoms with van der Waals surface area (Å²) in [5.41, 5.74) is 2.02. The smallest absolute Gasteiger partial charge is 0.315 e. The van der Waals surface area contributed by atoms with Crippen molar-refractivity contribution in [3.8, 4) is 5.75 Å². The predicted octanol–water partition coefficient (Wildman–Crippen LogP) is 3.40. The van der Waals surface area contributed by atoms with Gasteiger partial charge in [-0.1, -0.05) is 55.5 Å². The highest BCUT2D eigenvalue weighted by Crippen LogP contribution is 2.18. The fraction of sp³-hybridized carbons (Fsp3) is 0.188. The molecule has 0 aliphatic carbocycles. The van der Waals surface area contributed by atoms with Crippen molar-refractivity contribution in [1.82, 2.24) is 0 Å². The number of aryl methyl sites for hydroxylation is 1. The third-order valence-electron chi connectivity index (χ3n) is 2.77. The third kappa shape index (κ3) is 3.20. The molecule has 0 heterocycles. The van der Waals surface area contributed by atoms with E-state index in [1.807, 2.05) is 61.5 Å². The van der Waals surface area contributed by atoms with Crippen molar-refractivity contribution in [3.05, 3.63) is 65.7 Å². The molecule has 0 amide bonds. The summed E-state index contributed by atoms with van der Waals surface area (Å²) in [5.74, 6) is 0.447. The van der Waals surface area contributed by atoms with E-state index in [4.69, 9.17) is 4.74 Å². The van der Waals surface area contributed by atoms with Crippen molar-refractivity contribution < 1.29 is 9.53 Å². The quantitative estimate of drug-likeness (QED) is 0.605. The largest absolute Gasteiger partial charge is 0.426 e. The normalized spacial score (nSPS) is 10.1. The molecule has 92 valence electrons. The molecule has 0 fully saturated rings. The molecule has 0 aliphatic rings. The average molecular weight is 240 g/mol. The summed E-state index contributed by atoms with van der Waals surface area (Å²) in [7, 11) is 0. The van der Waals surface area contributed by atoms with Crippen molar-refractivity contribution in [3.63, 3.8) is 0 Å². The van der Waals surface area contributed by atoms with Gasteiger partial charge in [-0.05, 0) is 23.6 Å². The maximum absolute atomic E-state index is 11.8. The highest BCUT2D eigenvalue weighted by atomic mass is 16.5. The lowest BCUT2D eigenvalue weighted by molar-refractivity contribution is -0.133. The maximum Gasteiger partial charge on any atom is 0.315 e. The summed E-state index contributed by atoms with van der Waals surface area (Å²) in [6.07, 6.45) is 1.16. The molecule has 0 saturated heterocycles. The molecule has 0 saturated carbocycles. The minimum Gasteiger partial charge on any atom is -0.426 e. The van der Waals surface area contributed by atoms with E-state index < -0.39 is 0 Å². The molecule has 0 spiro atoms. The van der Waals surface area contributed by atoms with Gasteiger partial charge in [0.25, 0.3) is 0 Å². The van der Waals surface area contributed by atoms with Crippen LogP contribution in [0.15, 0.2) is 54.6 Å². The number of ether oxygens (including phenoxy) is 1. The Bertz CT molecular complexity index is 518. The van der Waals surface area contributed by atoms with Crippen LogP contribution in [-0.2, 0) is 17.6 Å². The van der Waals surface area contributed by atoms with E-state index in [1.165, 1.54) is 0 Å². The molecule has 2 nitrogen and oxygen atoms in total. The molecule has 2 rings (SSSR count). The van der Waals surface area contributed by atoms with Gasteiger partial charge in [-0.25, -0.2) is 0 Å². The molecule has 18 heavy (non-hydrogen) atoms. The van der Waals surface area contributed by atoms with Gasteiger partial charge >= 0.3 is 5.97 Å². The lowest BCUT2D eigenvalue weighted by Crippen LogP contribution is -2.12. The van der Waals surface area contributed by atoms with Crippen LogP contribution in [0.25, 0.3) is 0 Å². The Balaban J connectivity index is 2.03. The molecular formula is C16H16O2. The average Bonchev–Trinajstić information content (AvgIpc) is 2.40. The monoisotopic (exact) mass is 240 g/mol. The van der Waals surface area contributed by atoms with Gasteiger partial charge in [0.2, 0.25) is 0 Å². The summed E-state index contributed by atoms with van der Waals surface area (Å²) < 4.78 is 5.40. The minimum atomic E-state index is -0.220. The van der Waals surface area contributed by atoms with Crippen molar-refractivity contribution >= 4 is 5.97 Å². The zero-order valence-corrected chi connectivity index (χ0v) is 10.4. The Hall–Kier alpha value is -2.09. The summed E-state index contributed by atoms with van der Waals surface area (Å²) in [6, 6.07) is 17.3. The van der Waals surface area contributed by atoms with Crippen molar-refractivity contribution in [1.29, 1.82) is 0 Å². The van der Waals surface area contributed by atoms with E-state index in [1.54, 1.807) is 0 Å². The van der Waals surface area contributed by atoms with E-state index in [0.717, 1.165) is 17.5 Å². The Morgan fingerprint density at radius 2 is 1.67 bits per heavy atom. The van der Waals surface area contributed by atoms with E-state index in [2.05, 4.69) is 0 Å². The number of benzene rings is 2. The van der Waals surface area contributed by atoms with Gasteiger partial charge < -0.3 is 4.74 Å². The molecule has 0 unspecified atom stereocenters. The number of hydrogen-bond acceptors (Lipinski definition) is 2. The second-order valence-electron chi connectivity index (χ2n) is 4.10. The van der Waals surface area contributed by atoms with Crippen LogP contribution < -0.4 is 4.74 Å². The first kappa shape index (κ1) is 12.4. The third-order valence-corrected chi connectivity index (χ3v) is 2.77. The van der Waals surface area contributed by atoms with Crippen LogP contribution in [0, 0.1) is 0 Å². The number of esters is 1. The van der Waals surface area contributed by atoms with Crippen LogP contribution in [-0.4, -0.2) is 5.97 Å². The summed E-state index contributed by atoms with van der Waals surface area (Å²) in [5, 5.41) is 0. The van der Waals surface area contributed by atoms with Gasteiger partial charge in [-0.2, -0.15) is 0 Å². The van der Waals surface area contributed by atoms with Crippen molar-refractivity contribution in [2.75, 3.05) is 0 Å². The summed E-state index contributed by atoms with van der Waals surface area (Å²) in [6.45, 7) is 2.05. The van der Waals surface area contributed by atoms with Crippen LogP contribution in [0.1, 0.15) is 18.1 Å². The summed E-state index contributed by atoms with van der Waals surface area (Å²) in [4.78, 5) is 11.8. The lowest BCUT2D eigenvalue weighted by Gasteiger charge is -2.08. The molecular weight excluding hydrogens is 224 g/mol. The van der Waals surface area contributed by atoms with Gasteiger partial charge in [0, 0.05) is 0 Å². The van der Waals surface area contributed by atoms with Gasteiger partial charge in [-0.15, -0.1) is 0 Å². The zero-order chi connectivity index (χ0) is 12.8. The van der Waals surface area contributed by atoms with Crippen LogP contribution in [0.3, 0.4) is 0 Å².